The average Bonchev–Trinajstić information content (AvgIpc) is 2.86. The molecule has 0 bridgehead atoms. The normalized spacial score (nSPS) is 18.4. The Labute approximate surface area is 188 Å². The van der Waals surface area contributed by atoms with Crippen LogP contribution in [0.15, 0.2) is 78.9 Å². The largest absolute Gasteiger partial charge is 0.0622 e. The Kier molecular flexibility index (Phi) is 6.54. The summed E-state index contributed by atoms with van der Waals surface area (Å²) in [4.78, 5) is 0. The van der Waals surface area contributed by atoms with Gasteiger partial charge in [-0.25, -0.2) is 0 Å². The summed E-state index contributed by atoms with van der Waals surface area (Å²) < 4.78 is 0. The SMILES string of the molecule is c1ccc(C(c2ccccc2)c2cccc(C3CCCCC3)c2C2CCCCC2)cc1. The fourth-order valence-corrected chi connectivity index (χ4v) is 6.33. The molecule has 0 N–H and O–H groups in total. The van der Waals surface area contributed by atoms with Gasteiger partial charge >= 0.3 is 0 Å². The Morgan fingerprint density at radius 2 is 1.00 bits per heavy atom. The van der Waals surface area contributed by atoms with Crippen LogP contribution in [-0.4, -0.2) is 0 Å². The van der Waals surface area contributed by atoms with Crippen LogP contribution in [0.1, 0.15) is 110 Å². The van der Waals surface area contributed by atoms with E-state index in [9.17, 15) is 0 Å². The predicted octanol–water partition coefficient (Wildman–Crippen LogP) is 8.96. The fraction of sp³-hybridized carbons (Fsp3) is 0.419. The summed E-state index contributed by atoms with van der Waals surface area (Å²) in [5.74, 6) is 1.82. The highest BCUT2D eigenvalue weighted by Crippen LogP contribution is 2.46. The molecule has 2 aliphatic rings. The van der Waals surface area contributed by atoms with Crippen molar-refractivity contribution in [2.45, 2.75) is 82.0 Å². The van der Waals surface area contributed by atoms with Crippen LogP contribution in [0.25, 0.3) is 0 Å². The molecule has 0 aromatic heterocycles. The second kappa shape index (κ2) is 9.86. The quantitative estimate of drug-likeness (QED) is 0.369. The third-order valence-corrected chi connectivity index (χ3v) is 7.81. The summed E-state index contributed by atoms with van der Waals surface area (Å²) in [5.41, 5.74) is 7.85. The van der Waals surface area contributed by atoms with Crippen molar-refractivity contribution in [3.8, 4) is 0 Å². The molecular weight excluding hydrogens is 372 g/mol. The molecule has 0 atom stereocenters. The first-order valence-electron chi connectivity index (χ1n) is 12.6. The predicted molar refractivity (Wildman–Crippen MR) is 132 cm³/mol. The molecule has 0 saturated heterocycles. The molecule has 31 heavy (non-hydrogen) atoms. The van der Waals surface area contributed by atoms with Crippen LogP contribution in [0.3, 0.4) is 0 Å². The highest BCUT2D eigenvalue weighted by Gasteiger charge is 2.29. The zero-order chi connectivity index (χ0) is 20.9. The number of hydrogen-bond donors (Lipinski definition) is 0. The summed E-state index contributed by atoms with van der Waals surface area (Å²) in [5, 5.41) is 0. The van der Waals surface area contributed by atoms with E-state index in [4.69, 9.17) is 0 Å². The van der Waals surface area contributed by atoms with E-state index in [0.29, 0.717) is 5.92 Å². The van der Waals surface area contributed by atoms with Gasteiger partial charge in [0.1, 0.15) is 0 Å². The first kappa shape index (κ1) is 20.6. The third kappa shape index (κ3) is 4.49. The van der Waals surface area contributed by atoms with Crippen molar-refractivity contribution in [2.75, 3.05) is 0 Å². The van der Waals surface area contributed by atoms with Gasteiger partial charge in [0.25, 0.3) is 0 Å². The minimum Gasteiger partial charge on any atom is -0.0622 e. The van der Waals surface area contributed by atoms with Gasteiger partial charge in [0.15, 0.2) is 0 Å². The summed E-state index contributed by atoms with van der Waals surface area (Å²) >= 11 is 0. The van der Waals surface area contributed by atoms with Crippen molar-refractivity contribution in [3.05, 3.63) is 107 Å². The van der Waals surface area contributed by atoms with Gasteiger partial charge in [-0.3, -0.25) is 0 Å². The molecule has 0 heteroatoms. The van der Waals surface area contributed by atoms with E-state index in [2.05, 4.69) is 78.9 Å². The zero-order valence-corrected chi connectivity index (χ0v) is 18.8. The number of rotatable bonds is 5. The van der Waals surface area contributed by atoms with E-state index in [0.717, 1.165) is 11.8 Å². The molecule has 0 radical (unpaired) electrons. The van der Waals surface area contributed by atoms with Crippen molar-refractivity contribution in [3.63, 3.8) is 0 Å². The van der Waals surface area contributed by atoms with E-state index in [1.807, 2.05) is 0 Å². The van der Waals surface area contributed by atoms with Gasteiger partial charge in [0.2, 0.25) is 0 Å². The molecule has 0 heterocycles. The van der Waals surface area contributed by atoms with E-state index in [-0.39, 0.29) is 0 Å². The maximum atomic E-state index is 2.50. The van der Waals surface area contributed by atoms with Gasteiger partial charge in [-0.1, -0.05) is 117 Å². The van der Waals surface area contributed by atoms with E-state index in [1.165, 1.54) is 75.3 Å². The van der Waals surface area contributed by atoms with Crippen LogP contribution in [0.5, 0.6) is 0 Å². The molecule has 0 aliphatic heterocycles. The lowest BCUT2D eigenvalue weighted by Crippen LogP contribution is -2.17. The first-order valence-corrected chi connectivity index (χ1v) is 12.6. The molecule has 0 spiro atoms. The minimum absolute atomic E-state index is 0.322. The summed E-state index contributed by atoms with van der Waals surface area (Å²) in [7, 11) is 0. The molecule has 0 amide bonds. The number of benzene rings is 3. The lowest BCUT2D eigenvalue weighted by atomic mass is 9.71. The topological polar surface area (TPSA) is 0 Å². The van der Waals surface area contributed by atoms with Gasteiger partial charge < -0.3 is 0 Å². The summed E-state index contributed by atoms with van der Waals surface area (Å²) in [6, 6.07) is 29.7. The van der Waals surface area contributed by atoms with E-state index in [1.54, 1.807) is 16.7 Å². The van der Waals surface area contributed by atoms with Gasteiger partial charge in [-0.05, 0) is 65.3 Å². The highest BCUT2D eigenvalue weighted by molar-refractivity contribution is 5.51. The maximum absolute atomic E-state index is 2.50. The molecule has 160 valence electrons. The van der Waals surface area contributed by atoms with Crippen LogP contribution in [0.2, 0.25) is 0 Å². The Hall–Kier alpha value is -2.34. The molecule has 2 fully saturated rings. The molecule has 0 nitrogen and oxygen atoms in total. The van der Waals surface area contributed by atoms with Crippen LogP contribution in [0, 0.1) is 0 Å². The van der Waals surface area contributed by atoms with Crippen LogP contribution >= 0.6 is 0 Å². The molecular formula is C31H36. The van der Waals surface area contributed by atoms with Gasteiger partial charge in [0.05, 0.1) is 0 Å². The second-order valence-corrected chi connectivity index (χ2v) is 9.77. The molecule has 2 saturated carbocycles. The van der Waals surface area contributed by atoms with Crippen molar-refractivity contribution in [1.82, 2.24) is 0 Å². The van der Waals surface area contributed by atoms with Crippen molar-refractivity contribution in [1.29, 1.82) is 0 Å². The molecule has 2 aliphatic carbocycles. The number of hydrogen-bond acceptors (Lipinski definition) is 0. The molecule has 3 aromatic rings. The Morgan fingerprint density at radius 3 is 1.55 bits per heavy atom. The average molecular weight is 409 g/mol. The zero-order valence-electron chi connectivity index (χ0n) is 18.8. The highest BCUT2D eigenvalue weighted by atomic mass is 14.3. The minimum atomic E-state index is 0.322. The lowest BCUT2D eigenvalue weighted by Gasteiger charge is -2.34. The van der Waals surface area contributed by atoms with E-state index < -0.39 is 0 Å². The first-order chi connectivity index (χ1) is 15.4. The standard InChI is InChI=1S/C31H36/c1-5-14-24(15-6-1)28-22-13-23-29(31(28)27-20-11-4-12-21-27)30(25-16-7-2-8-17-25)26-18-9-3-10-19-26/h2-3,7-10,13,16-19,22-24,27,30H,1,4-6,11-12,14-15,20-21H2. The van der Waals surface area contributed by atoms with Crippen LogP contribution < -0.4 is 0 Å². The molecule has 5 rings (SSSR count). The lowest BCUT2D eigenvalue weighted by molar-refractivity contribution is 0.417. The van der Waals surface area contributed by atoms with Crippen molar-refractivity contribution in [2.24, 2.45) is 0 Å². The smallest absolute Gasteiger partial charge is 0.0342 e. The van der Waals surface area contributed by atoms with E-state index >= 15 is 0 Å². The Balaban J connectivity index is 1.68. The van der Waals surface area contributed by atoms with Crippen molar-refractivity contribution < 1.29 is 0 Å². The monoisotopic (exact) mass is 408 g/mol. The van der Waals surface area contributed by atoms with Gasteiger partial charge in [-0.15, -0.1) is 0 Å². The fourth-order valence-electron chi connectivity index (χ4n) is 6.33. The van der Waals surface area contributed by atoms with Gasteiger partial charge in [0, 0.05) is 5.92 Å². The Bertz CT molecular complexity index is 904. The second-order valence-electron chi connectivity index (χ2n) is 9.77. The molecule has 0 unspecified atom stereocenters. The Morgan fingerprint density at radius 1 is 0.484 bits per heavy atom. The summed E-state index contributed by atoms with van der Waals surface area (Å²) in [6.07, 6.45) is 13.9. The maximum Gasteiger partial charge on any atom is 0.0342 e. The van der Waals surface area contributed by atoms with Crippen LogP contribution in [-0.2, 0) is 0 Å². The van der Waals surface area contributed by atoms with Gasteiger partial charge in [-0.2, -0.15) is 0 Å². The molecule has 3 aromatic carbocycles. The summed E-state index contributed by atoms with van der Waals surface area (Å²) in [6.45, 7) is 0. The van der Waals surface area contributed by atoms with Crippen molar-refractivity contribution >= 4 is 0 Å². The van der Waals surface area contributed by atoms with Crippen LogP contribution in [0.4, 0.5) is 0 Å². The third-order valence-electron chi connectivity index (χ3n) is 7.81.